The molecule has 1 atom stereocenters. The molecule has 20 heavy (non-hydrogen) atoms. The quantitative estimate of drug-likeness (QED) is 0.885. The molecule has 0 saturated carbocycles. The third kappa shape index (κ3) is 1.91. The van der Waals surface area contributed by atoms with Crippen LogP contribution >= 0.6 is 15.9 Å². The van der Waals surface area contributed by atoms with Gasteiger partial charge in [0.2, 0.25) is 6.79 Å². The van der Waals surface area contributed by atoms with Gasteiger partial charge in [-0.15, -0.1) is 0 Å². The number of halogens is 1. The molecule has 0 spiro atoms. The van der Waals surface area contributed by atoms with Gasteiger partial charge in [0, 0.05) is 5.56 Å². The fourth-order valence-corrected chi connectivity index (χ4v) is 3.42. The lowest BCUT2D eigenvalue weighted by atomic mass is 10.1. The lowest BCUT2D eigenvalue weighted by Gasteiger charge is -2.08. The summed E-state index contributed by atoms with van der Waals surface area (Å²) in [5, 5.41) is 11.1. The molecule has 1 fully saturated rings. The van der Waals surface area contributed by atoms with E-state index in [1.165, 1.54) is 6.42 Å². The summed E-state index contributed by atoms with van der Waals surface area (Å²) in [6.07, 6.45) is 2.34. The summed E-state index contributed by atoms with van der Waals surface area (Å²) < 4.78 is 11.8. The Morgan fingerprint density at radius 3 is 3.00 bits per heavy atom. The largest absolute Gasteiger partial charge is 0.454 e. The maximum absolute atomic E-state index is 5.42. The monoisotopic (exact) mass is 335 g/mol. The van der Waals surface area contributed by atoms with E-state index >= 15 is 0 Å². The number of ether oxygens (including phenoxy) is 2. The summed E-state index contributed by atoms with van der Waals surface area (Å²) >= 11 is 3.67. The first-order valence-corrected chi connectivity index (χ1v) is 7.49. The standard InChI is InChI=1S/C14H14BrN3O2/c15-12-13(17-18-14(12)9-2-1-5-16-9)8-3-4-10-11(6-8)20-7-19-10/h3-4,6,9,16H,1-2,5,7H2,(H,17,18). The molecular weight excluding hydrogens is 322 g/mol. The molecule has 1 aromatic carbocycles. The Kier molecular flexibility index (Phi) is 2.93. The van der Waals surface area contributed by atoms with E-state index in [2.05, 4.69) is 31.4 Å². The second kappa shape index (κ2) is 4.79. The molecule has 2 aromatic rings. The molecule has 0 aliphatic carbocycles. The van der Waals surface area contributed by atoms with Gasteiger partial charge in [-0.05, 0) is 53.5 Å². The normalized spacial score (nSPS) is 20.6. The highest BCUT2D eigenvalue weighted by molar-refractivity contribution is 9.10. The van der Waals surface area contributed by atoms with Crippen molar-refractivity contribution in [2.45, 2.75) is 18.9 Å². The Bertz CT molecular complexity index is 650. The van der Waals surface area contributed by atoms with Crippen LogP contribution in [0.15, 0.2) is 22.7 Å². The lowest BCUT2D eigenvalue weighted by molar-refractivity contribution is 0.174. The minimum Gasteiger partial charge on any atom is -0.454 e. The third-order valence-electron chi connectivity index (χ3n) is 3.79. The first-order valence-electron chi connectivity index (χ1n) is 6.70. The van der Waals surface area contributed by atoms with Crippen molar-refractivity contribution in [3.63, 3.8) is 0 Å². The molecule has 4 rings (SSSR count). The van der Waals surface area contributed by atoms with Crippen LogP contribution in [0.25, 0.3) is 11.3 Å². The Hall–Kier alpha value is -1.53. The average Bonchev–Trinajstić information content (AvgIpc) is 3.17. The molecule has 1 unspecified atom stereocenters. The number of H-pyrrole nitrogens is 1. The Balaban J connectivity index is 1.72. The fourth-order valence-electron chi connectivity index (χ4n) is 2.74. The van der Waals surface area contributed by atoms with E-state index in [1.54, 1.807) is 0 Å². The van der Waals surface area contributed by atoms with Gasteiger partial charge in [0.1, 0.15) is 5.69 Å². The van der Waals surface area contributed by atoms with Crippen molar-refractivity contribution in [2.75, 3.05) is 13.3 Å². The van der Waals surface area contributed by atoms with Gasteiger partial charge in [-0.1, -0.05) is 0 Å². The summed E-state index contributed by atoms with van der Waals surface area (Å²) in [5.74, 6) is 1.57. The Labute approximate surface area is 124 Å². The van der Waals surface area contributed by atoms with Crippen molar-refractivity contribution >= 4 is 15.9 Å². The van der Waals surface area contributed by atoms with E-state index < -0.39 is 0 Å². The zero-order valence-electron chi connectivity index (χ0n) is 10.8. The maximum atomic E-state index is 5.42. The zero-order chi connectivity index (χ0) is 13.5. The average molecular weight is 336 g/mol. The fraction of sp³-hybridized carbons (Fsp3) is 0.357. The van der Waals surface area contributed by atoms with Gasteiger partial charge < -0.3 is 14.8 Å². The van der Waals surface area contributed by atoms with E-state index in [0.717, 1.165) is 45.9 Å². The van der Waals surface area contributed by atoms with Crippen LogP contribution in [0.2, 0.25) is 0 Å². The molecule has 2 aliphatic rings. The second-order valence-corrected chi connectivity index (χ2v) is 5.81. The Morgan fingerprint density at radius 2 is 2.15 bits per heavy atom. The summed E-state index contributed by atoms with van der Waals surface area (Å²) in [4.78, 5) is 0. The zero-order valence-corrected chi connectivity index (χ0v) is 12.4. The summed E-state index contributed by atoms with van der Waals surface area (Å²) in [7, 11) is 0. The van der Waals surface area contributed by atoms with Crippen LogP contribution in [0.1, 0.15) is 24.6 Å². The van der Waals surface area contributed by atoms with Gasteiger partial charge in [-0.25, -0.2) is 0 Å². The lowest BCUT2D eigenvalue weighted by Crippen LogP contribution is -2.13. The molecule has 5 nitrogen and oxygen atoms in total. The van der Waals surface area contributed by atoms with E-state index in [4.69, 9.17) is 9.47 Å². The molecule has 6 heteroatoms. The predicted octanol–water partition coefficient (Wildman–Crippen LogP) is 2.99. The van der Waals surface area contributed by atoms with Crippen LogP contribution in [-0.4, -0.2) is 23.5 Å². The number of aromatic nitrogens is 2. The van der Waals surface area contributed by atoms with Crippen molar-refractivity contribution in [1.29, 1.82) is 0 Å². The van der Waals surface area contributed by atoms with Gasteiger partial charge in [0.05, 0.1) is 16.2 Å². The number of benzene rings is 1. The highest BCUT2D eigenvalue weighted by Gasteiger charge is 2.24. The first kappa shape index (κ1) is 12.2. The van der Waals surface area contributed by atoms with E-state index in [9.17, 15) is 0 Å². The molecule has 1 aromatic heterocycles. The van der Waals surface area contributed by atoms with Crippen LogP contribution < -0.4 is 14.8 Å². The SMILES string of the molecule is Brc1c(-c2ccc3c(c2)OCO3)n[nH]c1C1CCCN1. The molecular formula is C14H14BrN3O2. The number of aromatic amines is 1. The van der Waals surface area contributed by atoms with Crippen molar-refractivity contribution in [1.82, 2.24) is 15.5 Å². The van der Waals surface area contributed by atoms with Crippen LogP contribution in [0.5, 0.6) is 11.5 Å². The number of fused-ring (bicyclic) bond motifs is 1. The van der Waals surface area contributed by atoms with Crippen LogP contribution in [0.4, 0.5) is 0 Å². The van der Waals surface area contributed by atoms with Crippen molar-refractivity contribution in [2.24, 2.45) is 0 Å². The smallest absolute Gasteiger partial charge is 0.231 e. The van der Waals surface area contributed by atoms with Crippen molar-refractivity contribution < 1.29 is 9.47 Å². The minimum atomic E-state index is 0.289. The molecule has 104 valence electrons. The molecule has 0 amide bonds. The van der Waals surface area contributed by atoms with E-state index in [0.29, 0.717) is 6.04 Å². The van der Waals surface area contributed by atoms with Gasteiger partial charge in [-0.2, -0.15) is 5.10 Å². The molecule has 2 aliphatic heterocycles. The third-order valence-corrected chi connectivity index (χ3v) is 4.59. The summed E-state index contributed by atoms with van der Waals surface area (Å²) in [5.41, 5.74) is 3.05. The summed E-state index contributed by atoms with van der Waals surface area (Å²) in [6.45, 7) is 1.35. The number of hydrogen-bond acceptors (Lipinski definition) is 4. The summed E-state index contributed by atoms with van der Waals surface area (Å²) in [6, 6.07) is 6.25. The molecule has 2 N–H and O–H groups in total. The number of nitrogens with one attached hydrogen (secondary N) is 2. The minimum absolute atomic E-state index is 0.289. The highest BCUT2D eigenvalue weighted by Crippen LogP contribution is 2.39. The van der Waals surface area contributed by atoms with Gasteiger partial charge in [0.15, 0.2) is 11.5 Å². The highest BCUT2D eigenvalue weighted by atomic mass is 79.9. The Morgan fingerprint density at radius 1 is 1.25 bits per heavy atom. The second-order valence-electron chi connectivity index (χ2n) is 5.02. The maximum Gasteiger partial charge on any atom is 0.231 e. The molecule has 0 bridgehead atoms. The van der Waals surface area contributed by atoms with Crippen molar-refractivity contribution in [3.05, 3.63) is 28.4 Å². The van der Waals surface area contributed by atoms with E-state index in [-0.39, 0.29) is 6.79 Å². The predicted molar refractivity (Wildman–Crippen MR) is 77.8 cm³/mol. The number of hydrogen-bond donors (Lipinski definition) is 2. The molecule has 1 saturated heterocycles. The van der Waals surface area contributed by atoms with Gasteiger partial charge >= 0.3 is 0 Å². The van der Waals surface area contributed by atoms with Gasteiger partial charge in [-0.3, -0.25) is 5.10 Å². The molecule has 3 heterocycles. The number of nitrogens with zero attached hydrogens (tertiary/aromatic N) is 1. The first-order chi connectivity index (χ1) is 9.83. The number of rotatable bonds is 2. The van der Waals surface area contributed by atoms with Gasteiger partial charge in [0.25, 0.3) is 0 Å². The van der Waals surface area contributed by atoms with Crippen molar-refractivity contribution in [3.8, 4) is 22.8 Å². The van der Waals surface area contributed by atoms with Crippen LogP contribution in [0, 0.1) is 0 Å². The van der Waals surface area contributed by atoms with Crippen LogP contribution in [-0.2, 0) is 0 Å². The van der Waals surface area contributed by atoms with Crippen LogP contribution in [0.3, 0.4) is 0 Å². The topological polar surface area (TPSA) is 59.2 Å². The van der Waals surface area contributed by atoms with E-state index in [1.807, 2.05) is 18.2 Å². The molecule has 0 radical (unpaired) electrons.